The lowest BCUT2D eigenvalue weighted by Crippen LogP contribution is -2.29. The fourth-order valence-corrected chi connectivity index (χ4v) is 4.07. The molecule has 2 heterocycles. The summed E-state index contributed by atoms with van der Waals surface area (Å²) >= 11 is 1.83. The van der Waals surface area contributed by atoms with Crippen LogP contribution in [0.4, 0.5) is 0 Å². The summed E-state index contributed by atoms with van der Waals surface area (Å²) in [4.78, 5) is 6.04. The molecule has 0 saturated heterocycles. The third-order valence-corrected chi connectivity index (χ3v) is 4.92. The predicted molar refractivity (Wildman–Crippen MR) is 91.9 cm³/mol. The van der Waals surface area contributed by atoms with E-state index in [2.05, 4.69) is 75.4 Å². The summed E-state index contributed by atoms with van der Waals surface area (Å²) in [5.41, 5.74) is 4.90. The van der Waals surface area contributed by atoms with E-state index in [1.165, 1.54) is 16.0 Å². The van der Waals surface area contributed by atoms with Crippen molar-refractivity contribution in [1.82, 2.24) is 10.3 Å². The summed E-state index contributed by atoms with van der Waals surface area (Å²) in [7, 11) is 0. The number of nitrogens with one attached hydrogen (secondary N) is 1. The maximum Gasteiger partial charge on any atom is 0.0442 e. The molecule has 0 spiro atoms. The Morgan fingerprint density at radius 1 is 1.14 bits per heavy atom. The van der Waals surface area contributed by atoms with E-state index >= 15 is 0 Å². The molecule has 0 radical (unpaired) electrons. The number of aryl methyl sites for hydroxylation is 3. The minimum absolute atomic E-state index is 0.299. The third-order valence-electron chi connectivity index (χ3n) is 3.96. The maximum atomic E-state index is 4.63. The highest BCUT2D eigenvalue weighted by atomic mass is 32.1. The fraction of sp³-hybridized carbons (Fsp3) is 0.500. The van der Waals surface area contributed by atoms with E-state index in [-0.39, 0.29) is 0 Å². The molecule has 114 valence electrons. The summed E-state index contributed by atoms with van der Waals surface area (Å²) in [6, 6.07) is 7.22. The number of aromatic nitrogens is 1. The first kappa shape index (κ1) is 16.2. The van der Waals surface area contributed by atoms with Gasteiger partial charge in [0.2, 0.25) is 0 Å². The van der Waals surface area contributed by atoms with Crippen LogP contribution in [0.15, 0.2) is 23.6 Å². The molecule has 2 unspecified atom stereocenters. The average molecular weight is 302 g/mol. The quantitative estimate of drug-likeness (QED) is 0.829. The van der Waals surface area contributed by atoms with Gasteiger partial charge in [-0.3, -0.25) is 4.98 Å². The van der Waals surface area contributed by atoms with Gasteiger partial charge in [0, 0.05) is 28.3 Å². The largest absolute Gasteiger partial charge is 0.302 e. The molecule has 21 heavy (non-hydrogen) atoms. The predicted octanol–water partition coefficient (Wildman–Crippen LogP) is 5.12. The number of pyridine rings is 1. The highest BCUT2D eigenvalue weighted by Gasteiger charge is 2.21. The van der Waals surface area contributed by atoms with Crippen molar-refractivity contribution < 1.29 is 0 Å². The van der Waals surface area contributed by atoms with Crippen molar-refractivity contribution in [1.29, 1.82) is 0 Å². The van der Waals surface area contributed by atoms with Crippen LogP contribution in [0.5, 0.6) is 0 Å². The maximum absolute atomic E-state index is 4.63. The van der Waals surface area contributed by atoms with Crippen molar-refractivity contribution in [3.8, 4) is 0 Å². The normalized spacial score (nSPS) is 14.4. The Balaban J connectivity index is 2.26. The molecule has 1 N–H and O–H groups in total. The van der Waals surface area contributed by atoms with Crippen molar-refractivity contribution >= 4 is 11.3 Å². The molecule has 2 aromatic rings. The highest BCUT2D eigenvalue weighted by molar-refractivity contribution is 7.10. The number of thiophene rings is 1. The van der Waals surface area contributed by atoms with Gasteiger partial charge in [0.25, 0.3) is 0 Å². The van der Waals surface area contributed by atoms with E-state index < -0.39 is 0 Å². The summed E-state index contributed by atoms with van der Waals surface area (Å²) < 4.78 is 0. The van der Waals surface area contributed by atoms with Gasteiger partial charge in [-0.1, -0.05) is 19.9 Å². The summed E-state index contributed by atoms with van der Waals surface area (Å²) in [5.74, 6) is 0.560. The standard InChI is InChI=1S/C18H26N2S/c1-11(2)18(16-8-7-9-21-16)20-15(6)17-12(3)10-13(4)19-14(17)5/h7-11,15,18,20H,1-6H3. The number of rotatable bonds is 5. The molecule has 0 aliphatic carbocycles. The fourth-order valence-electron chi connectivity index (χ4n) is 3.11. The van der Waals surface area contributed by atoms with Crippen LogP contribution >= 0.6 is 11.3 Å². The minimum Gasteiger partial charge on any atom is -0.302 e. The Morgan fingerprint density at radius 2 is 1.86 bits per heavy atom. The lowest BCUT2D eigenvalue weighted by Gasteiger charge is -2.27. The van der Waals surface area contributed by atoms with E-state index in [1.807, 2.05) is 11.3 Å². The SMILES string of the molecule is Cc1cc(C)c(C(C)NC(c2cccs2)C(C)C)c(C)n1. The molecule has 2 nitrogen and oxygen atoms in total. The third kappa shape index (κ3) is 3.72. The van der Waals surface area contributed by atoms with Gasteiger partial charge in [-0.05, 0) is 62.3 Å². The highest BCUT2D eigenvalue weighted by Crippen LogP contribution is 2.30. The van der Waals surface area contributed by atoms with E-state index in [0.717, 1.165) is 11.4 Å². The summed E-state index contributed by atoms with van der Waals surface area (Å²) in [5, 5.41) is 5.96. The van der Waals surface area contributed by atoms with Gasteiger partial charge in [0.05, 0.1) is 0 Å². The van der Waals surface area contributed by atoms with Gasteiger partial charge in [-0.25, -0.2) is 0 Å². The Kier molecular flexibility index (Phi) is 5.17. The molecular formula is C18H26N2S. The van der Waals surface area contributed by atoms with Crippen molar-refractivity contribution in [3.05, 3.63) is 51.0 Å². The van der Waals surface area contributed by atoms with Crippen molar-refractivity contribution in [3.63, 3.8) is 0 Å². The molecule has 2 rings (SSSR count). The smallest absolute Gasteiger partial charge is 0.0442 e. The van der Waals surface area contributed by atoms with Crippen LogP contribution in [0.1, 0.15) is 60.2 Å². The zero-order chi connectivity index (χ0) is 15.6. The van der Waals surface area contributed by atoms with Gasteiger partial charge in [-0.15, -0.1) is 11.3 Å². The van der Waals surface area contributed by atoms with Crippen LogP contribution in [-0.4, -0.2) is 4.98 Å². The second kappa shape index (κ2) is 6.71. The minimum atomic E-state index is 0.299. The second-order valence-electron chi connectivity index (χ2n) is 6.21. The Labute approximate surface area is 132 Å². The van der Waals surface area contributed by atoms with E-state index in [4.69, 9.17) is 0 Å². The molecule has 3 heteroatoms. The molecule has 0 saturated carbocycles. The van der Waals surface area contributed by atoms with Gasteiger partial charge >= 0.3 is 0 Å². The first-order chi connectivity index (χ1) is 9.90. The molecule has 0 aliphatic rings. The van der Waals surface area contributed by atoms with Crippen LogP contribution in [0.2, 0.25) is 0 Å². The molecule has 0 bridgehead atoms. The monoisotopic (exact) mass is 302 g/mol. The lowest BCUT2D eigenvalue weighted by atomic mass is 9.96. The van der Waals surface area contributed by atoms with Crippen LogP contribution in [0.3, 0.4) is 0 Å². The van der Waals surface area contributed by atoms with E-state index in [9.17, 15) is 0 Å². The summed E-state index contributed by atoms with van der Waals surface area (Å²) in [6.07, 6.45) is 0. The number of hydrogen-bond acceptors (Lipinski definition) is 3. The van der Waals surface area contributed by atoms with Gasteiger partial charge in [-0.2, -0.15) is 0 Å². The van der Waals surface area contributed by atoms with Gasteiger partial charge in [0.15, 0.2) is 0 Å². The summed E-state index contributed by atoms with van der Waals surface area (Å²) in [6.45, 7) is 13.2. The zero-order valence-corrected chi connectivity index (χ0v) is 14.7. The van der Waals surface area contributed by atoms with Crippen LogP contribution in [0, 0.1) is 26.7 Å². The van der Waals surface area contributed by atoms with Crippen molar-refractivity contribution in [2.45, 2.75) is 53.6 Å². The van der Waals surface area contributed by atoms with Crippen molar-refractivity contribution in [2.75, 3.05) is 0 Å². The van der Waals surface area contributed by atoms with Crippen LogP contribution < -0.4 is 5.32 Å². The van der Waals surface area contributed by atoms with Crippen molar-refractivity contribution in [2.24, 2.45) is 5.92 Å². The number of hydrogen-bond donors (Lipinski definition) is 1. The number of nitrogens with zero attached hydrogens (tertiary/aromatic N) is 1. The molecule has 2 atom stereocenters. The Hall–Kier alpha value is -1.19. The Morgan fingerprint density at radius 3 is 2.38 bits per heavy atom. The topological polar surface area (TPSA) is 24.9 Å². The molecule has 0 aromatic carbocycles. The zero-order valence-electron chi connectivity index (χ0n) is 13.9. The molecule has 0 fully saturated rings. The molecular weight excluding hydrogens is 276 g/mol. The molecule has 0 amide bonds. The van der Waals surface area contributed by atoms with Crippen LogP contribution in [0.25, 0.3) is 0 Å². The first-order valence-electron chi connectivity index (χ1n) is 7.64. The van der Waals surface area contributed by atoms with Crippen LogP contribution in [-0.2, 0) is 0 Å². The van der Waals surface area contributed by atoms with E-state index in [1.54, 1.807) is 0 Å². The molecule has 2 aromatic heterocycles. The first-order valence-corrected chi connectivity index (χ1v) is 8.52. The van der Waals surface area contributed by atoms with E-state index in [0.29, 0.717) is 18.0 Å². The lowest BCUT2D eigenvalue weighted by molar-refractivity contribution is 0.377. The molecule has 0 aliphatic heterocycles. The Bertz CT molecular complexity index is 564. The average Bonchev–Trinajstić information content (AvgIpc) is 2.87. The van der Waals surface area contributed by atoms with Gasteiger partial charge < -0.3 is 5.32 Å². The second-order valence-corrected chi connectivity index (χ2v) is 7.18. The van der Waals surface area contributed by atoms with Gasteiger partial charge in [0.1, 0.15) is 0 Å².